The van der Waals surface area contributed by atoms with Crippen molar-refractivity contribution in [2.24, 2.45) is 5.92 Å². The standard InChI is InChI=1S/C36H68O4/c1-3-5-6-7-8-9-10-11-12-13-14-15-16-17-18-19-20-21-22-23-24-25-26-27-28-29-30-31-34(33-35(37)38)36(39)40-32-4-2/h7-8,34H,3-6,9-33H2,1-2H3,(H,37,38)/b8-7+. The van der Waals surface area contributed by atoms with Crippen LogP contribution in [0.4, 0.5) is 0 Å². The van der Waals surface area contributed by atoms with E-state index in [0.29, 0.717) is 13.0 Å². The van der Waals surface area contributed by atoms with Gasteiger partial charge in [-0.3, -0.25) is 9.59 Å². The van der Waals surface area contributed by atoms with Crippen LogP contribution < -0.4 is 0 Å². The fourth-order valence-corrected chi connectivity index (χ4v) is 5.40. The molecule has 1 unspecified atom stereocenters. The second-order valence-electron chi connectivity index (χ2n) is 12.1. The van der Waals surface area contributed by atoms with Gasteiger partial charge < -0.3 is 9.84 Å². The minimum atomic E-state index is -0.915. The Hall–Kier alpha value is -1.32. The van der Waals surface area contributed by atoms with Gasteiger partial charge in [-0.25, -0.2) is 0 Å². The summed E-state index contributed by atoms with van der Waals surface area (Å²) in [5, 5.41) is 9.05. The molecule has 0 rings (SSSR count). The molecular formula is C36H68O4. The number of esters is 1. The molecule has 4 heteroatoms. The lowest BCUT2D eigenvalue weighted by molar-refractivity contribution is -0.153. The zero-order valence-corrected chi connectivity index (χ0v) is 26.9. The average Bonchev–Trinajstić information content (AvgIpc) is 2.94. The third-order valence-electron chi connectivity index (χ3n) is 8.02. The van der Waals surface area contributed by atoms with Gasteiger partial charge in [0.1, 0.15) is 0 Å². The lowest BCUT2D eigenvalue weighted by Gasteiger charge is -2.13. The first-order valence-electron chi connectivity index (χ1n) is 17.6. The summed E-state index contributed by atoms with van der Waals surface area (Å²) in [6.07, 6.45) is 39.5. The molecule has 0 saturated carbocycles. The van der Waals surface area contributed by atoms with Gasteiger partial charge in [-0.05, 0) is 32.1 Å². The molecule has 0 saturated heterocycles. The minimum Gasteiger partial charge on any atom is -0.481 e. The molecule has 0 heterocycles. The van der Waals surface area contributed by atoms with Crippen molar-refractivity contribution in [3.63, 3.8) is 0 Å². The molecule has 0 aliphatic heterocycles. The molecule has 40 heavy (non-hydrogen) atoms. The number of carboxylic acid groups (broad SMARTS) is 1. The van der Waals surface area contributed by atoms with Gasteiger partial charge in [0, 0.05) is 0 Å². The Kier molecular flexibility index (Phi) is 31.1. The van der Waals surface area contributed by atoms with Crippen molar-refractivity contribution in [1.29, 1.82) is 0 Å². The quantitative estimate of drug-likeness (QED) is 0.0501. The van der Waals surface area contributed by atoms with Gasteiger partial charge in [-0.2, -0.15) is 0 Å². The second kappa shape index (κ2) is 32.2. The van der Waals surface area contributed by atoms with Crippen LogP contribution in [0.3, 0.4) is 0 Å². The number of allylic oxidation sites excluding steroid dienone is 2. The van der Waals surface area contributed by atoms with Gasteiger partial charge >= 0.3 is 11.9 Å². The highest BCUT2D eigenvalue weighted by Crippen LogP contribution is 2.19. The molecule has 0 aromatic carbocycles. The first-order chi connectivity index (χ1) is 19.6. The van der Waals surface area contributed by atoms with Crippen molar-refractivity contribution in [2.45, 2.75) is 194 Å². The highest BCUT2D eigenvalue weighted by molar-refractivity contribution is 5.79. The number of carbonyl (C=O) groups excluding carboxylic acids is 1. The minimum absolute atomic E-state index is 0.111. The van der Waals surface area contributed by atoms with E-state index in [9.17, 15) is 9.59 Å². The van der Waals surface area contributed by atoms with Gasteiger partial charge in [0.05, 0.1) is 18.9 Å². The number of rotatable bonds is 32. The van der Waals surface area contributed by atoms with Crippen LogP contribution in [0.15, 0.2) is 12.2 Å². The predicted molar refractivity (Wildman–Crippen MR) is 172 cm³/mol. The van der Waals surface area contributed by atoms with Gasteiger partial charge in [0.15, 0.2) is 0 Å². The zero-order valence-electron chi connectivity index (χ0n) is 26.9. The van der Waals surface area contributed by atoms with E-state index in [1.54, 1.807) is 0 Å². The van der Waals surface area contributed by atoms with Crippen LogP contribution in [0.25, 0.3) is 0 Å². The molecule has 0 radical (unpaired) electrons. The lowest BCUT2D eigenvalue weighted by atomic mass is 9.97. The van der Waals surface area contributed by atoms with Gasteiger partial charge in [0.25, 0.3) is 0 Å². The molecule has 236 valence electrons. The first kappa shape index (κ1) is 38.7. The van der Waals surface area contributed by atoms with E-state index in [1.807, 2.05) is 6.92 Å². The van der Waals surface area contributed by atoms with Crippen molar-refractivity contribution in [3.05, 3.63) is 12.2 Å². The SMILES string of the molecule is CCCC/C=C/CCCCCCCCCCCCCCCCCCCCCCCC(CC(=O)O)C(=O)OCCC. The van der Waals surface area contributed by atoms with Crippen molar-refractivity contribution in [1.82, 2.24) is 0 Å². The van der Waals surface area contributed by atoms with Crippen molar-refractivity contribution >= 4 is 11.9 Å². The third-order valence-corrected chi connectivity index (χ3v) is 8.02. The number of ether oxygens (including phenoxy) is 1. The van der Waals surface area contributed by atoms with Crippen LogP contribution in [-0.4, -0.2) is 23.7 Å². The topological polar surface area (TPSA) is 63.6 Å². The van der Waals surface area contributed by atoms with E-state index in [1.165, 1.54) is 148 Å². The highest BCUT2D eigenvalue weighted by atomic mass is 16.5. The summed E-state index contributed by atoms with van der Waals surface area (Å²) in [7, 11) is 0. The second-order valence-corrected chi connectivity index (χ2v) is 12.1. The van der Waals surface area contributed by atoms with E-state index in [4.69, 9.17) is 9.84 Å². The fourth-order valence-electron chi connectivity index (χ4n) is 5.40. The molecule has 1 atom stereocenters. The van der Waals surface area contributed by atoms with Crippen LogP contribution in [-0.2, 0) is 14.3 Å². The number of aliphatic carboxylic acids is 1. The van der Waals surface area contributed by atoms with Crippen LogP contribution >= 0.6 is 0 Å². The van der Waals surface area contributed by atoms with Gasteiger partial charge in [-0.1, -0.05) is 167 Å². The van der Waals surface area contributed by atoms with Crippen molar-refractivity contribution in [2.75, 3.05) is 6.61 Å². The van der Waals surface area contributed by atoms with Gasteiger partial charge in [-0.15, -0.1) is 0 Å². The Morgan fingerprint density at radius 2 is 0.925 bits per heavy atom. The summed E-state index contributed by atoms with van der Waals surface area (Å²) in [6.45, 7) is 4.59. The summed E-state index contributed by atoms with van der Waals surface area (Å²) < 4.78 is 5.16. The number of carbonyl (C=O) groups is 2. The normalized spacial score (nSPS) is 12.2. The Bertz CT molecular complexity index is 571. The lowest BCUT2D eigenvalue weighted by Crippen LogP contribution is -2.21. The number of hydrogen-bond donors (Lipinski definition) is 1. The van der Waals surface area contributed by atoms with Crippen LogP contribution in [0.2, 0.25) is 0 Å². The van der Waals surface area contributed by atoms with Crippen LogP contribution in [0.1, 0.15) is 194 Å². The van der Waals surface area contributed by atoms with E-state index in [2.05, 4.69) is 19.1 Å². The molecule has 0 amide bonds. The summed E-state index contributed by atoms with van der Waals surface area (Å²) in [5.74, 6) is -1.74. The van der Waals surface area contributed by atoms with E-state index in [-0.39, 0.29) is 12.4 Å². The molecular weight excluding hydrogens is 496 g/mol. The molecule has 0 spiro atoms. The first-order valence-corrected chi connectivity index (χ1v) is 17.6. The monoisotopic (exact) mass is 565 g/mol. The summed E-state index contributed by atoms with van der Waals surface area (Å²) in [6, 6.07) is 0. The third kappa shape index (κ3) is 29.7. The Morgan fingerprint density at radius 1 is 0.550 bits per heavy atom. The predicted octanol–water partition coefficient (Wildman–Crippen LogP) is 11.7. The Labute approximate surface area is 249 Å². The molecule has 0 aliphatic rings. The number of hydrogen-bond acceptors (Lipinski definition) is 3. The number of carboxylic acids is 1. The van der Waals surface area contributed by atoms with Gasteiger partial charge in [0.2, 0.25) is 0 Å². The zero-order chi connectivity index (χ0) is 29.4. The Morgan fingerprint density at radius 3 is 1.30 bits per heavy atom. The largest absolute Gasteiger partial charge is 0.481 e. The maximum Gasteiger partial charge on any atom is 0.309 e. The maximum absolute atomic E-state index is 12.0. The molecule has 0 fully saturated rings. The van der Waals surface area contributed by atoms with Crippen molar-refractivity contribution in [3.8, 4) is 0 Å². The van der Waals surface area contributed by atoms with Crippen molar-refractivity contribution < 1.29 is 19.4 Å². The maximum atomic E-state index is 12.0. The Balaban J connectivity index is 3.31. The molecule has 1 N–H and O–H groups in total. The molecule has 0 aliphatic carbocycles. The molecule has 0 aromatic heterocycles. The highest BCUT2D eigenvalue weighted by Gasteiger charge is 2.22. The smallest absolute Gasteiger partial charge is 0.309 e. The van der Waals surface area contributed by atoms with Crippen LogP contribution in [0.5, 0.6) is 0 Å². The fraction of sp³-hybridized carbons (Fsp3) is 0.889. The molecule has 4 nitrogen and oxygen atoms in total. The summed E-state index contributed by atoms with van der Waals surface area (Å²) in [4.78, 5) is 23.1. The van der Waals surface area contributed by atoms with E-state index < -0.39 is 11.9 Å². The average molecular weight is 565 g/mol. The van der Waals surface area contributed by atoms with Crippen LogP contribution in [0, 0.1) is 5.92 Å². The number of unbranched alkanes of at least 4 members (excludes halogenated alkanes) is 23. The summed E-state index contributed by atoms with van der Waals surface area (Å²) >= 11 is 0. The summed E-state index contributed by atoms with van der Waals surface area (Å²) in [5.41, 5.74) is 0. The van der Waals surface area contributed by atoms with E-state index >= 15 is 0 Å². The van der Waals surface area contributed by atoms with E-state index in [0.717, 1.165) is 19.3 Å². The molecule has 0 bridgehead atoms. The molecule has 0 aromatic rings.